The van der Waals surface area contributed by atoms with Gasteiger partial charge >= 0.3 is 0 Å². The first-order valence-corrected chi connectivity index (χ1v) is 6.90. The molecule has 6 heteroatoms. The van der Waals surface area contributed by atoms with Gasteiger partial charge in [-0.25, -0.2) is 9.37 Å². The average molecular weight is 326 g/mol. The molecule has 1 amide bonds. The molecule has 1 aliphatic rings. The zero-order chi connectivity index (χ0) is 13.5. The topological polar surface area (TPSA) is 46.4 Å². The molecule has 2 aromatic rings. The number of nitrogens with one attached hydrogen (secondary N) is 1. The number of rotatable bonds is 4. The first kappa shape index (κ1) is 12.6. The normalized spacial score (nSPS) is 16.5. The van der Waals surface area contributed by atoms with Crippen molar-refractivity contribution in [3.05, 3.63) is 34.7 Å². The SMILES string of the molecule is O=C(Cc1cnc2ccc(Br)cn12)NC1(CF)CC1. The monoisotopic (exact) mass is 325 g/mol. The van der Waals surface area contributed by atoms with E-state index in [2.05, 4.69) is 26.2 Å². The van der Waals surface area contributed by atoms with Crippen molar-refractivity contribution in [1.29, 1.82) is 0 Å². The molecule has 1 aliphatic carbocycles. The number of carbonyl (C=O) groups is 1. The maximum atomic E-state index is 12.7. The lowest BCUT2D eigenvalue weighted by Crippen LogP contribution is -2.39. The van der Waals surface area contributed by atoms with E-state index in [4.69, 9.17) is 0 Å². The first-order chi connectivity index (χ1) is 9.12. The molecule has 0 atom stereocenters. The molecule has 3 rings (SSSR count). The first-order valence-electron chi connectivity index (χ1n) is 6.10. The minimum atomic E-state index is -0.585. The molecule has 19 heavy (non-hydrogen) atoms. The summed E-state index contributed by atoms with van der Waals surface area (Å²) in [4.78, 5) is 16.2. The van der Waals surface area contributed by atoms with E-state index in [0.717, 1.165) is 28.7 Å². The van der Waals surface area contributed by atoms with Crippen molar-refractivity contribution in [2.24, 2.45) is 0 Å². The van der Waals surface area contributed by atoms with Crippen molar-refractivity contribution < 1.29 is 9.18 Å². The molecule has 2 aromatic heterocycles. The van der Waals surface area contributed by atoms with Crippen molar-refractivity contribution in [3.8, 4) is 0 Å². The number of imidazole rings is 1. The van der Waals surface area contributed by atoms with E-state index < -0.39 is 12.2 Å². The number of halogens is 2. The van der Waals surface area contributed by atoms with E-state index >= 15 is 0 Å². The highest BCUT2D eigenvalue weighted by Gasteiger charge is 2.44. The van der Waals surface area contributed by atoms with E-state index in [1.165, 1.54) is 0 Å². The molecule has 1 fully saturated rings. The van der Waals surface area contributed by atoms with E-state index in [0.29, 0.717) is 0 Å². The van der Waals surface area contributed by atoms with Crippen LogP contribution in [0.15, 0.2) is 29.0 Å². The zero-order valence-electron chi connectivity index (χ0n) is 10.2. The maximum absolute atomic E-state index is 12.7. The minimum Gasteiger partial charge on any atom is -0.348 e. The fourth-order valence-corrected chi connectivity index (χ4v) is 2.42. The van der Waals surface area contributed by atoms with Crippen LogP contribution in [0.1, 0.15) is 18.5 Å². The van der Waals surface area contributed by atoms with Crippen LogP contribution in [0.2, 0.25) is 0 Å². The van der Waals surface area contributed by atoms with Gasteiger partial charge in [0.2, 0.25) is 5.91 Å². The fourth-order valence-electron chi connectivity index (χ4n) is 2.08. The Morgan fingerprint density at radius 3 is 3.00 bits per heavy atom. The molecular formula is C13H13BrFN3O. The molecule has 0 unspecified atom stereocenters. The number of fused-ring (bicyclic) bond motifs is 1. The second-order valence-electron chi connectivity index (χ2n) is 4.96. The smallest absolute Gasteiger partial charge is 0.226 e. The molecule has 100 valence electrons. The Morgan fingerprint density at radius 2 is 2.32 bits per heavy atom. The van der Waals surface area contributed by atoms with Crippen molar-refractivity contribution >= 4 is 27.5 Å². The van der Waals surface area contributed by atoms with Crippen molar-refractivity contribution in [1.82, 2.24) is 14.7 Å². The van der Waals surface area contributed by atoms with Crippen LogP contribution < -0.4 is 5.32 Å². The lowest BCUT2D eigenvalue weighted by atomic mass is 10.2. The van der Waals surface area contributed by atoms with Gasteiger partial charge < -0.3 is 9.72 Å². The Balaban J connectivity index is 1.78. The lowest BCUT2D eigenvalue weighted by Gasteiger charge is -2.12. The van der Waals surface area contributed by atoms with Crippen LogP contribution in [-0.4, -0.2) is 27.5 Å². The number of amides is 1. The Bertz CT molecular complexity index is 636. The molecule has 0 saturated heterocycles. The van der Waals surface area contributed by atoms with Gasteiger partial charge in [0.1, 0.15) is 12.3 Å². The highest BCUT2D eigenvalue weighted by atomic mass is 79.9. The summed E-state index contributed by atoms with van der Waals surface area (Å²) >= 11 is 3.39. The van der Waals surface area contributed by atoms with Crippen molar-refractivity contribution in [3.63, 3.8) is 0 Å². The number of aromatic nitrogens is 2. The molecule has 2 heterocycles. The third kappa shape index (κ3) is 2.49. The molecule has 4 nitrogen and oxygen atoms in total. The van der Waals surface area contributed by atoms with Gasteiger partial charge in [-0.15, -0.1) is 0 Å². The van der Waals surface area contributed by atoms with Crippen LogP contribution in [0.5, 0.6) is 0 Å². The van der Waals surface area contributed by atoms with Gasteiger partial charge in [0.15, 0.2) is 0 Å². The Hall–Kier alpha value is -1.43. The minimum absolute atomic E-state index is 0.156. The molecule has 0 spiro atoms. The summed E-state index contributed by atoms with van der Waals surface area (Å²) in [7, 11) is 0. The molecular weight excluding hydrogens is 313 g/mol. The lowest BCUT2D eigenvalue weighted by molar-refractivity contribution is -0.121. The molecule has 1 N–H and O–H groups in total. The van der Waals surface area contributed by atoms with Crippen LogP contribution in [0, 0.1) is 0 Å². The molecule has 0 bridgehead atoms. The maximum Gasteiger partial charge on any atom is 0.226 e. The Morgan fingerprint density at radius 1 is 1.53 bits per heavy atom. The van der Waals surface area contributed by atoms with Gasteiger partial charge in [0.25, 0.3) is 0 Å². The Labute approximate surface area is 118 Å². The van der Waals surface area contributed by atoms with Crippen LogP contribution in [0.3, 0.4) is 0 Å². The summed E-state index contributed by atoms with van der Waals surface area (Å²) < 4.78 is 15.5. The fraction of sp³-hybridized carbons (Fsp3) is 0.385. The number of hydrogen-bond donors (Lipinski definition) is 1. The van der Waals surface area contributed by atoms with Gasteiger partial charge in [0.05, 0.1) is 17.7 Å². The van der Waals surface area contributed by atoms with Crippen LogP contribution >= 0.6 is 15.9 Å². The number of alkyl halides is 1. The van der Waals surface area contributed by atoms with E-state index in [9.17, 15) is 9.18 Å². The summed E-state index contributed by atoms with van der Waals surface area (Å²) in [5.74, 6) is -0.156. The third-order valence-electron chi connectivity index (χ3n) is 3.40. The molecule has 1 saturated carbocycles. The third-order valence-corrected chi connectivity index (χ3v) is 3.87. The standard InChI is InChI=1S/C13H13BrFN3O/c14-9-1-2-11-16-6-10(18(11)7-9)5-12(19)17-13(8-15)3-4-13/h1-2,6-7H,3-5,8H2,(H,17,19). The number of nitrogens with zero attached hydrogens (tertiary/aromatic N) is 2. The predicted molar refractivity (Wildman–Crippen MR) is 72.7 cm³/mol. The van der Waals surface area contributed by atoms with Crippen molar-refractivity contribution in [2.45, 2.75) is 24.8 Å². The summed E-state index contributed by atoms with van der Waals surface area (Å²) in [6.07, 6.45) is 5.21. The quantitative estimate of drug-likeness (QED) is 0.937. The second-order valence-corrected chi connectivity index (χ2v) is 5.88. The highest BCUT2D eigenvalue weighted by Crippen LogP contribution is 2.35. The van der Waals surface area contributed by atoms with Crippen LogP contribution in [0.4, 0.5) is 4.39 Å². The van der Waals surface area contributed by atoms with Gasteiger partial charge in [-0.1, -0.05) is 0 Å². The van der Waals surface area contributed by atoms with E-state index in [1.807, 2.05) is 22.7 Å². The summed E-state index contributed by atoms with van der Waals surface area (Å²) in [5.41, 5.74) is 0.999. The average Bonchev–Trinajstić information content (AvgIpc) is 3.06. The predicted octanol–water partition coefficient (Wildman–Crippen LogP) is 2.26. The number of hydrogen-bond acceptors (Lipinski definition) is 2. The van der Waals surface area contributed by atoms with Crippen molar-refractivity contribution in [2.75, 3.05) is 6.67 Å². The number of carbonyl (C=O) groups excluding carboxylic acids is 1. The van der Waals surface area contributed by atoms with E-state index in [1.54, 1.807) is 6.20 Å². The van der Waals surface area contributed by atoms with Gasteiger partial charge in [-0.05, 0) is 40.9 Å². The summed E-state index contributed by atoms with van der Waals surface area (Å²) in [5, 5.41) is 2.77. The second kappa shape index (κ2) is 4.59. The molecule has 0 aliphatic heterocycles. The van der Waals surface area contributed by atoms with E-state index in [-0.39, 0.29) is 12.3 Å². The van der Waals surface area contributed by atoms with Gasteiger partial charge in [0, 0.05) is 16.9 Å². The zero-order valence-corrected chi connectivity index (χ0v) is 11.8. The summed E-state index contributed by atoms with van der Waals surface area (Å²) in [6.45, 7) is -0.489. The Kier molecular flexibility index (Phi) is 3.05. The van der Waals surface area contributed by atoms with Gasteiger partial charge in [-0.2, -0.15) is 0 Å². The highest BCUT2D eigenvalue weighted by molar-refractivity contribution is 9.10. The largest absolute Gasteiger partial charge is 0.348 e. The number of pyridine rings is 1. The van der Waals surface area contributed by atoms with Crippen LogP contribution in [0.25, 0.3) is 5.65 Å². The molecule has 0 aromatic carbocycles. The van der Waals surface area contributed by atoms with Crippen LogP contribution in [-0.2, 0) is 11.2 Å². The summed E-state index contributed by atoms with van der Waals surface area (Å²) in [6, 6.07) is 3.77. The molecule has 0 radical (unpaired) electrons. The van der Waals surface area contributed by atoms with Gasteiger partial charge in [-0.3, -0.25) is 4.79 Å².